The molecule has 0 aliphatic heterocycles. The maximum Gasteiger partial charge on any atom is 0.306 e. The Bertz CT molecular complexity index is 329. The number of esters is 1. The predicted octanol–water partition coefficient (Wildman–Crippen LogP) is 3.01. The summed E-state index contributed by atoms with van der Waals surface area (Å²) < 4.78 is 4.68. The van der Waals surface area contributed by atoms with Gasteiger partial charge in [-0.25, -0.2) is 0 Å². The molecule has 0 unspecified atom stereocenters. The van der Waals surface area contributed by atoms with Gasteiger partial charge in [-0.15, -0.1) is 0 Å². The Kier molecular flexibility index (Phi) is 7.25. The van der Waals surface area contributed by atoms with Gasteiger partial charge >= 0.3 is 5.97 Å². The van der Waals surface area contributed by atoms with Crippen molar-refractivity contribution in [1.29, 1.82) is 0 Å². The Hall–Kier alpha value is -1.06. The van der Waals surface area contributed by atoms with Crippen LogP contribution < -0.4 is 5.32 Å². The molecular weight excluding hydrogens is 254 g/mol. The SMILES string of the molecule is COC(=O)C[C@@H](C(=O)N[C@H](C(C)C)C(C)(C)C)C(C)C. The molecule has 0 aromatic carbocycles. The normalized spacial score (nSPS) is 15.1. The largest absolute Gasteiger partial charge is 0.469 e. The van der Waals surface area contributed by atoms with Crippen molar-refractivity contribution in [2.24, 2.45) is 23.2 Å². The van der Waals surface area contributed by atoms with Crippen molar-refractivity contribution in [2.75, 3.05) is 7.11 Å². The van der Waals surface area contributed by atoms with E-state index in [4.69, 9.17) is 0 Å². The fourth-order valence-corrected chi connectivity index (χ4v) is 2.54. The molecule has 0 heterocycles. The molecule has 0 bridgehead atoms. The number of carbonyl (C=O) groups excluding carboxylic acids is 2. The molecule has 0 aliphatic rings. The minimum absolute atomic E-state index is 0.0172. The fourth-order valence-electron chi connectivity index (χ4n) is 2.54. The first-order chi connectivity index (χ1) is 9.00. The zero-order valence-electron chi connectivity index (χ0n) is 14.2. The van der Waals surface area contributed by atoms with E-state index in [1.54, 1.807) is 0 Å². The van der Waals surface area contributed by atoms with Crippen LogP contribution in [0, 0.1) is 23.2 Å². The van der Waals surface area contributed by atoms with Gasteiger partial charge in [-0.1, -0.05) is 48.5 Å². The standard InChI is InChI=1S/C16H31NO3/c1-10(2)12(9-13(18)20-8)15(19)17-14(11(3)4)16(5,6)7/h10-12,14H,9H2,1-8H3,(H,17,19)/t12-,14-/m1/s1. The van der Waals surface area contributed by atoms with Crippen molar-refractivity contribution < 1.29 is 14.3 Å². The van der Waals surface area contributed by atoms with Crippen LogP contribution in [0.4, 0.5) is 0 Å². The van der Waals surface area contributed by atoms with E-state index >= 15 is 0 Å². The average molecular weight is 285 g/mol. The zero-order chi connectivity index (χ0) is 16.1. The van der Waals surface area contributed by atoms with Gasteiger partial charge in [-0.3, -0.25) is 9.59 Å². The molecule has 20 heavy (non-hydrogen) atoms. The summed E-state index contributed by atoms with van der Waals surface area (Å²) in [5.74, 6) is -0.299. The lowest BCUT2D eigenvalue weighted by molar-refractivity contribution is -0.145. The van der Waals surface area contributed by atoms with Gasteiger partial charge in [-0.2, -0.15) is 0 Å². The Balaban J connectivity index is 4.95. The van der Waals surface area contributed by atoms with Crippen molar-refractivity contribution in [3.63, 3.8) is 0 Å². The van der Waals surface area contributed by atoms with Gasteiger partial charge in [0.2, 0.25) is 5.91 Å². The Morgan fingerprint density at radius 1 is 1.05 bits per heavy atom. The second kappa shape index (κ2) is 7.65. The first kappa shape index (κ1) is 18.9. The van der Waals surface area contributed by atoms with Crippen molar-refractivity contribution >= 4 is 11.9 Å². The fraction of sp³-hybridized carbons (Fsp3) is 0.875. The summed E-state index contributed by atoms with van der Waals surface area (Å²) in [5.41, 5.74) is -0.0172. The molecule has 4 nitrogen and oxygen atoms in total. The van der Waals surface area contributed by atoms with Gasteiger partial charge in [-0.05, 0) is 17.3 Å². The molecule has 0 spiro atoms. The monoisotopic (exact) mass is 285 g/mol. The molecule has 4 heteroatoms. The summed E-state index contributed by atoms with van der Waals surface area (Å²) in [6.07, 6.45) is 0.134. The third-order valence-electron chi connectivity index (χ3n) is 3.65. The molecule has 0 saturated carbocycles. The van der Waals surface area contributed by atoms with E-state index in [1.165, 1.54) is 7.11 Å². The quantitative estimate of drug-likeness (QED) is 0.763. The maximum atomic E-state index is 12.5. The minimum atomic E-state index is -0.342. The van der Waals surface area contributed by atoms with E-state index in [0.29, 0.717) is 5.92 Å². The Morgan fingerprint density at radius 2 is 1.55 bits per heavy atom. The third kappa shape index (κ3) is 5.93. The highest BCUT2D eigenvalue weighted by molar-refractivity contribution is 5.84. The van der Waals surface area contributed by atoms with Gasteiger partial charge in [0.25, 0.3) is 0 Å². The third-order valence-corrected chi connectivity index (χ3v) is 3.65. The van der Waals surface area contributed by atoms with Crippen LogP contribution in [0.2, 0.25) is 0 Å². The van der Waals surface area contributed by atoms with Crippen LogP contribution in [0.15, 0.2) is 0 Å². The van der Waals surface area contributed by atoms with Gasteiger partial charge in [0.1, 0.15) is 0 Å². The number of rotatable bonds is 6. The highest BCUT2D eigenvalue weighted by Gasteiger charge is 2.33. The number of hydrogen-bond donors (Lipinski definition) is 1. The van der Waals surface area contributed by atoms with E-state index in [2.05, 4.69) is 44.7 Å². The molecule has 0 fully saturated rings. The second-order valence-electron chi connectivity index (χ2n) is 7.23. The van der Waals surface area contributed by atoms with Crippen LogP contribution in [0.3, 0.4) is 0 Å². The minimum Gasteiger partial charge on any atom is -0.469 e. The first-order valence-corrected chi connectivity index (χ1v) is 7.37. The van der Waals surface area contributed by atoms with Crippen LogP contribution in [0.1, 0.15) is 54.9 Å². The van der Waals surface area contributed by atoms with Crippen LogP contribution >= 0.6 is 0 Å². The van der Waals surface area contributed by atoms with E-state index in [1.807, 2.05) is 13.8 Å². The van der Waals surface area contributed by atoms with Crippen molar-refractivity contribution in [3.05, 3.63) is 0 Å². The summed E-state index contributed by atoms with van der Waals surface area (Å²) in [5, 5.41) is 3.12. The number of amides is 1. The van der Waals surface area contributed by atoms with Gasteiger partial charge in [0.15, 0.2) is 0 Å². The van der Waals surface area contributed by atoms with Gasteiger partial charge < -0.3 is 10.1 Å². The maximum absolute atomic E-state index is 12.5. The second-order valence-corrected chi connectivity index (χ2v) is 7.23. The van der Waals surface area contributed by atoms with E-state index in [-0.39, 0.29) is 41.6 Å². The molecule has 0 rings (SSSR count). The van der Waals surface area contributed by atoms with Crippen molar-refractivity contribution in [2.45, 2.75) is 60.9 Å². The molecule has 0 saturated heterocycles. The molecule has 0 aromatic rings. The molecule has 0 radical (unpaired) electrons. The van der Waals surface area contributed by atoms with Crippen LogP contribution in [-0.4, -0.2) is 25.0 Å². The number of ether oxygens (including phenoxy) is 1. The van der Waals surface area contributed by atoms with E-state index < -0.39 is 0 Å². The van der Waals surface area contributed by atoms with E-state index in [0.717, 1.165) is 0 Å². The zero-order valence-corrected chi connectivity index (χ0v) is 14.2. The number of nitrogens with one attached hydrogen (secondary N) is 1. The summed E-state index contributed by atoms with van der Waals surface area (Å²) in [7, 11) is 1.35. The van der Waals surface area contributed by atoms with Crippen molar-refractivity contribution in [3.8, 4) is 0 Å². The number of hydrogen-bond acceptors (Lipinski definition) is 3. The van der Waals surface area contributed by atoms with Crippen molar-refractivity contribution in [1.82, 2.24) is 5.32 Å². The van der Waals surface area contributed by atoms with Crippen LogP contribution in [0.5, 0.6) is 0 Å². The Labute approximate surface area is 123 Å². The Morgan fingerprint density at radius 3 is 1.85 bits per heavy atom. The molecule has 0 aliphatic carbocycles. The molecular formula is C16H31NO3. The number of methoxy groups -OCH3 is 1. The lowest BCUT2D eigenvalue weighted by Crippen LogP contribution is -2.50. The average Bonchev–Trinajstić information content (AvgIpc) is 2.29. The molecule has 1 amide bonds. The first-order valence-electron chi connectivity index (χ1n) is 7.37. The summed E-state index contributed by atoms with van der Waals surface area (Å²) in [6.45, 7) is 14.4. The smallest absolute Gasteiger partial charge is 0.306 e. The summed E-state index contributed by atoms with van der Waals surface area (Å²) in [6, 6.07) is 0.0777. The molecule has 1 N–H and O–H groups in total. The van der Waals surface area contributed by atoms with Gasteiger partial charge in [0, 0.05) is 6.04 Å². The summed E-state index contributed by atoms with van der Waals surface area (Å²) in [4.78, 5) is 23.9. The summed E-state index contributed by atoms with van der Waals surface area (Å²) >= 11 is 0. The lowest BCUT2D eigenvalue weighted by atomic mass is 9.79. The van der Waals surface area contributed by atoms with Gasteiger partial charge in [0.05, 0.1) is 19.4 Å². The predicted molar refractivity (Wildman–Crippen MR) is 81.2 cm³/mol. The topological polar surface area (TPSA) is 55.4 Å². The van der Waals surface area contributed by atoms with Crippen LogP contribution in [0.25, 0.3) is 0 Å². The highest BCUT2D eigenvalue weighted by atomic mass is 16.5. The molecule has 0 aromatic heterocycles. The molecule has 118 valence electrons. The lowest BCUT2D eigenvalue weighted by Gasteiger charge is -2.36. The van der Waals surface area contributed by atoms with E-state index in [9.17, 15) is 9.59 Å². The van der Waals surface area contributed by atoms with Crippen LogP contribution in [-0.2, 0) is 14.3 Å². The molecule has 2 atom stereocenters. The number of carbonyl (C=O) groups is 2. The highest BCUT2D eigenvalue weighted by Crippen LogP contribution is 2.26.